The number of rotatable bonds is 3. The zero-order valence-electron chi connectivity index (χ0n) is 16.9. The highest BCUT2D eigenvalue weighted by Crippen LogP contribution is 2.39. The number of likely N-dealkylation sites (tertiary alicyclic amines) is 1. The van der Waals surface area contributed by atoms with Crippen LogP contribution >= 0.6 is 0 Å². The lowest BCUT2D eigenvalue weighted by Gasteiger charge is -2.45. The van der Waals surface area contributed by atoms with Gasteiger partial charge in [-0.15, -0.1) is 0 Å². The molecule has 2 aromatic carbocycles. The number of fused-ring (bicyclic) bond motifs is 1. The molecule has 1 saturated heterocycles. The first-order valence-electron chi connectivity index (χ1n) is 10.1. The van der Waals surface area contributed by atoms with Crippen LogP contribution in [0.4, 0.5) is 10.5 Å². The Kier molecular flexibility index (Phi) is 4.31. The second-order valence-electron chi connectivity index (χ2n) is 7.84. The molecule has 2 aliphatic rings. The topological polar surface area (TPSA) is 70.5 Å². The van der Waals surface area contributed by atoms with E-state index in [1.165, 1.54) is 0 Å². The van der Waals surface area contributed by atoms with E-state index in [2.05, 4.69) is 10.4 Å². The van der Waals surface area contributed by atoms with Gasteiger partial charge in [0.05, 0.1) is 23.5 Å². The molecule has 1 N–H and O–H groups in total. The van der Waals surface area contributed by atoms with Crippen molar-refractivity contribution >= 4 is 17.6 Å². The smallest absolute Gasteiger partial charge is 0.321 e. The van der Waals surface area contributed by atoms with Crippen LogP contribution in [0.3, 0.4) is 0 Å². The van der Waals surface area contributed by atoms with E-state index in [0.29, 0.717) is 18.8 Å². The van der Waals surface area contributed by atoms with E-state index >= 15 is 0 Å². The van der Waals surface area contributed by atoms with Crippen molar-refractivity contribution in [3.8, 4) is 5.69 Å². The van der Waals surface area contributed by atoms with Gasteiger partial charge in [-0.3, -0.25) is 4.79 Å². The molecule has 0 bridgehead atoms. The minimum Gasteiger partial charge on any atom is -0.324 e. The quantitative estimate of drug-likeness (QED) is 0.729. The molecule has 0 radical (unpaired) electrons. The molecule has 1 atom stereocenters. The summed E-state index contributed by atoms with van der Waals surface area (Å²) in [4.78, 5) is 29.5. The Bertz CT molecular complexity index is 1100. The number of carbonyl (C=O) groups is 2. The SMILES string of the molecule is Cc1nn(-c2ccccc2)c2c1C(C)N(C1CN(C(=O)Nc3ccccc3)C1)C2=O. The molecule has 0 spiro atoms. The molecular weight excluding hydrogens is 378 g/mol. The van der Waals surface area contributed by atoms with Crippen LogP contribution in [0.5, 0.6) is 0 Å². The molecule has 1 unspecified atom stereocenters. The Labute approximate surface area is 174 Å². The number of amides is 3. The van der Waals surface area contributed by atoms with Crippen molar-refractivity contribution in [3.05, 3.63) is 77.6 Å². The lowest BCUT2D eigenvalue weighted by Crippen LogP contribution is -2.62. The van der Waals surface area contributed by atoms with Gasteiger partial charge in [-0.1, -0.05) is 36.4 Å². The van der Waals surface area contributed by atoms with Gasteiger partial charge in [0.15, 0.2) is 0 Å². The summed E-state index contributed by atoms with van der Waals surface area (Å²) in [5, 5.41) is 7.52. The van der Waals surface area contributed by atoms with Crippen molar-refractivity contribution in [1.82, 2.24) is 19.6 Å². The lowest BCUT2D eigenvalue weighted by molar-refractivity contribution is 0.0326. The number of anilines is 1. The summed E-state index contributed by atoms with van der Waals surface area (Å²) in [6.45, 7) is 5.04. The van der Waals surface area contributed by atoms with Crippen molar-refractivity contribution in [2.75, 3.05) is 18.4 Å². The first-order valence-corrected chi connectivity index (χ1v) is 10.1. The van der Waals surface area contributed by atoms with E-state index in [1.807, 2.05) is 79.4 Å². The number of nitrogens with zero attached hydrogens (tertiary/aromatic N) is 4. The predicted octanol–water partition coefficient (Wildman–Crippen LogP) is 3.61. The summed E-state index contributed by atoms with van der Waals surface area (Å²) in [6.07, 6.45) is 0. The summed E-state index contributed by atoms with van der Waals surface area (Å²) in [5.74, 6) is -0.0185. The lowest BCUT2D eigenvalue weighted by atomic mass is 10.0. The third-order valence-electron chi connectivity index (χ3n) is 5.95. The van der Waals surface area contributed by atoms with Crippen molar-refractivity contribution in [2.45, 2.75) is 25.9 Å². The highest BCUT2D eigenvalue weighted by atomic mass is 16.2. The van der Waals surface area contributed by atoms with Gasteiger partial charge < -0.3 is 15.1 Å². The van der Waals surface area contributed by atoms with Crippen molar-refractivity contribution < 1.29 is 9.59 Å². The van der Waals surface area contributed by atoms with Gasteiger partial charge in [0.2, 0.25) is 0 Å². The van der Waals surface area contributed by atoms with Crippen molar-refractivity contribution in [2.24, 2.45) is 0 Å². The Balaban J connectivity index is 1.32. The summed E-state index contributed by atoms with van der Waals surface area (Å²) in [6, 6.07) is 18.9. The Hall–Kier alpha value is -3.61. The standard InChI is InChI=1S/C23H23N5O2/c1-15-20-16(2)27(22(29)21(20)28(25-15)18-11-7-4-8-12-18)19-13-26(14-19)23(30)24-17-9-5-3-6-10-17/h3-12,16,19H,13-14H2,1-2H3,(H,24,30). The normalized spacial score (nSPS) is 18.3. The van der Waals surface area contributed by atoms with Crippen LogP contribution in [0, 0.1) is 6.92 Å². The zero-order valence-corrected chi connectivity index (χ0v) is 16.9. The maximum Gasteiger partial charge on any atom is 0.321 e. The number of nitrogens with one attached hydrogen (secondary N) is 1. The summed E-state index contributed by atoms with van der Waals surface area (Å²) in [5.41, 5.74) is 4.13. The van der Waals surface area contributed by atoms with Gasteiger partial charge in [-0.2, -0.15) is 5.10 Å². The number of carbonyl (C=O) groups excluding carboxylic acids is 2. The van der Waals surface area contributed by atoms with Gasteiger partial charge in [0.25, 0.3) is 5.91 Å². The third-order valence-corrected chi connectivity index (χ3v) is 5.95. The maximum atomic E-state index is 13.4. The maximum absolute atomic E-state index is 13.4. The molecule has 3 heterocycles. The van der Waals surface area contributed by atoms with Crippen molar-refractivity contribution in [1.29, 1.82) is 0 Å². The molecule has 7 heteroatoms. The molecule has 7 nitrogen and oxygen atoms in total. The molecule has 152 valence electrons. The van der Waals surface area contributed by atoms with E-state index in [0.717, 1.165) is 22.6 Å². The predicted molar refractivity (Wildman–Crippen MR) is 114 cm³/mol. The monoisotopic (exact) mass is 401 g/mol. The molecule has 1 aromatic heterocycles. The van der Waals surface area contributed by atoms with Gasteiger partial charge in [0.1, 0.15) is 5.69 Å². The number of urea groups is 1. The molecule has 3 aromatic rings. The number of aromatic nitrogens is 2. The first-order chi connectivity index (χ1) is 14.5. The average Bonchev–Trinajstić information content (AvgIpc) is 3.19. The minimum absolute atomic E-state index is 0.00467. The van der Waals surface area contributed by atoms with E-state index in [4.69, 9.17) is 0 Å². The number of benzene rings is 2. The van der Waals surface area contributed by atoms with Gasteiger partial charge in [0, 0.05) is 24.3 Å². The van der Waals surface area contributed by atoms with E-state index < -0.39 is 0 Å². The van der Waals surface area contributed by atoms with Gasteiger partial charge in [-0.05, 0) is 38.1 Å². The molecule has 3 amide bonds. The fraction of sp³-hybridized carbons (Fsp3) is 0.261. The number of hydrogen-bond acceptors (Lipinski definition) is 3. The number of hydrogen-bond donors (Lipinski definition) is 1. The third kappa shape index (κ3) is 2.85. The zero-order chi connectivity index (χ0) is 20.8. The highest BCUT2D eigenvalue weighted by molar-refractivity contribution is 5.99. The second-order valence-corrected chi connectivity index (χ2v) is 7.84. The fourth-order valence-corrected chi connectivity index (χ4v) is 4.44. The molecule has 2 aliphatic heterocycles. The molecule has 0 aliphatic carbocycles. The Morgan fingerprint density at radius 3 is 2.33 bits per heavy atom. The molecule has 1 fully saturated rings. The molecule has 30 heavy (non-hydrogen) atoms. The average molecular weight is 401 g/mol. The van der Waals surface area contributed by atoms with Crippen LogP contribution in [0.1, 0.15) is 34.7 Å². The fourth-order valence-electron chi connectivity index (χ4n) is 4.44. The number of para-hydroxylation sites is 2. The Morgan fingerprint density at radius 1 is 1.03 bits per heavy atom. The summed E-state index contributed by atoms with van der Waals surface area (Å²) in [7, 11) is 0. The van der Waals surface area contributed by atoms with Crippen LogP contribution in [-0.4, -0.2) is 50.6 Å². The summed E-state index contributed by atoms with van der Waals surface area (Å²) >= 11 is 0. The highest BCUT2D eigenvalue weighted by Gasteiger charge is 2.47. The van der Waals surface area contributed by atoms with Crippen LogP contribution in [0.25, 0.3) is 5.69 Å². The van der Waals surface area contributed by atoms with Gasteiger partial charge in [-0.25, -0.2) is 9.48 Å². The van der Waals surface area contributed by atoms with Crippen LogP contribution in [0.15, 0.2) is 60.7 Å². The molecule has 5 rings (SSSR count). The largest absolute Gasteiger partial charge is 0.324 e. The van der Waals surface area contributed by atoms with Crippen LogP contribution < -0.4 is 5.32 Å². The van der Waals surface area contributed by atoms with Crippen molar-refractivity contribution in [3.63, 3.8) is 0 Å². The molecular formula is C23H23N5O2. The Morgan fingerprint density at radius 2 is 1.67 bits per heavy atom. The van der Waals surface area contributed by atoms with E-state index in [-0.39, 0.29) is 24.0 Å². The van der Waals surface area contributed by atoms with E-state index in [1.54, 1.807) is 9.58 Å². The van der Waals surface area contributed by atoms with Gasteiger partial charge >= 0.3 is 6.03 Å². The van der Waals surface area contributed by atoms with E-state index in [9.17, 15) is 9.59 Å². The van der Waals surface area contributed by atoms with Crippen LogP contribution in [0.2, 0.25) is 0 Å². The first kappa shape index (κ1) is 18.4. The molecule has 0 saturated carbocycles. The summed E-state index contributed by atoms with van der Waals surface area (Å²) < 4.78 is 1.75. The van der Waals surface area contributed by atoms with Crippen LogP contribution in [-0.2, 0) is 0 Å². The minimum atomic E-state index is -0.138. The number of aryl methyl sites for hydroxylation is 1. The second kappa shape index (κ2) is 7.02.